The van der Waals surface area contributed by atoms with Crippen LogP contribution in [0, 0.1) is 0 Å². The molecule has 0 amide bonds. The van der Waals surface area contributed by atoms with Crippen molar-refractivity contribution in [1.82, 2.24) is 9.97 Å². The fourth-order valence-electron chi connectivity index (χ4n) is 2.31. The van der Waals surface area contributed by atoms with Gasteiger partial charge in [-0.3, -0.25) is 19.1 Å². The largest absolute Gasteiger partial charge is 0.356 e. The predicted octanol–water partition coefficient (Wildman–Crippen LogP) is 0.389. The van der Waals surface area contributed by atoms with Gasteiger partial charge in [-0.05, 0) is 12.1 Å². The highest BCUT2D eigenvalue weighted by Crippen LogP contribution is 2.39. The van der Waals surface area contributed by atoms with Crippen molar-refractivity contribution >= 4 is 47.6 Å². The van der Waals surface area contributed by atoms with E-state index in [1.54, 1.807) is 0 Å². The van der Waals surface area contributed by atoms with Gasteiger partial charge in [-0.25, -0.2) is 0 Å². The van der Waals surface area contributed by atoms with Crippen molar-refractivity contribution in [3.8, 4) is 0 Å². The van der Waals surface area contributed by atoms with Gasteiger partial charge < -0.3 is 19.6 Å². The molecular weight excluding hydrogens is 330 g/mol. The number of rotatable bonds is 2. The second-order valence-corrected chi connectivity index (χ2v) is 7.75. The Morgan fingerprint density at radius 3 is 1.36 bits per heavy atom. The van der Waals surface area contributed by atoms with Crippen LogP contribution in [0.1, 0.15) is 0 Å². The van der Waals surface area contributed by atoms with Gasteiger partial charge in [0.1, 0.15) is 0 Å². The van der Waals surface area contributed by atoms with Gasteiger partial charge in [-0.2, -0.15) is 0 Å². The Balaban J connectivity index is 2.49. The molecule has 0 saturated heterocycles. The maximum atomic E-state index is 11.5. The second kappa shape index (κ2) is 4.93. The van der Waals surface area contributed by atoms with Crippen molar-refractivity contribution in [2.45, 2.75) is 0 Å². The van der Waals surface area contributed by atoms with Gasteiger partial charge in [0.15, 0.2) is 0 Å². The van der Waals surface area contributed by atoms with Crippen molar-refractivity contribution < 1.29 is 28.7 Å². The van der Waals surface area contributed by atoms with Gasteiger partial charge in [0, 0.05) is 23.2 Å². The van der Waals surface area contributed by atoms with Crippen molar-refractivity contribution in [3.05, 3.63) is 36.7 Å². The normalized spacial score (nSPS) is 12.9. The van der Waals surface area contributed by atoms with Crippen LogP contribution in [0.4, 0.5) is 0 Å². The third kappa shape index (κ3) is 2.46. The lowest BCUT2D eigenvalue weighted by Crippen LogP contribution is -2.09. The number of hydrogen-bond donors (Lipinski definition) is 4. The van der Waals surface area contributed by atoms with Crippen LogP contribution in [-0.2, 0) is 9.13 Å². The quantitative estimate of drug-likeness (QED) is 0.388. The molecule has 0 aliphatic rings. The first-order valence-electron chi connectivity index (χ1n) is 5.98. The molecule has 114 valence electrons. The molecule has 0 aliphatic heterocycles. The third-order valence-corrected chi connectivity index (χ3v) is 5.24. The van der Waals surface area contributed by atoms with Gasteiger partial charge in [0.25, 0.3) is 0 Å². The Hall–Kier alpha value is -1.66. The molecule has 0 bridgehead atoms. The molecule has 10 heteroatoms. The zero-order valence-electron chi connectivity index (χ0n) is 10.9. The summed E-state index contributed by atoms with van der Waals surface area (Å²) in [7, 11) is -9.01. The van der Waals surface area contributed by atoms with E-state index in [2.05, 4.69) is 9.97 Å². The fourth-order valence-corrected chi connectivity index (χ4v) is 3.82. The van der Waals surface area contributed by atoms with E-state index in [4.69, 9.17) is 0 Å². The summed E-state index contributed by atoms with van der Waals surface area (Å²) in [6.07, 6.45) is 2.45. The molecule has 0 fully saturated rings. The lowest BCUT2D eigenvalue weighted by atomic mass is 10.1. The number of fused-ring (bicyclic) bond motifs is 3. The highest BCUT2D eigenvalue weighted by Gasteiger charge is 2.24. The van der Waals surface area contributed by atoms with Crippen LogP contribution in [-0.4, -0.2) is 29.5 Å². The summed E-state index contributed by atoms with van der Waals surface area (Å²) in [4.78, 5) is 45.6. The minimum absolute atomic E-state index is 0.175. The molecule has 4 N–H and O–H groups in total. The van der Waals surface area contributed by atoms with E-state index in [0.717, 1.165) is 0 Å². The summed E-state index contributed by atoms with van der Waals surface area (Å²) in [5, 5.41) is -0.0250. The van der Waals surface area contributed by atoms with E-state index in [1.807, 2.05) is 0 Å². The van der Waals surface area contributed by atoms with Crippen LogP contribution < -0.4 is 10.6 Å². The third-order valence-electron chi connectivity index (χ3n) is 3.20. The second-order valence-electron chi connectivity index (χ2n) is 4.61. The van der Waals surface area contributed by atoms with Crippen molar-refractivity contribution in [2.24, 2.45) is 0 Å². The number of pyridine rings is 2. The molecule has 1 aromatic carbocycles. The first kappa shape index (κ1) is 15.2. The molecule has 2 aromatic heterocycles. The van der Waals surface area contributed by atoms with Gasteiger partial charge >= 0.3 is 15.2 Å². The number of hydrogen-bond acceptors (Lipinski definition) is 4. The van der Waals surface area contributed by atoms with E-state index in [0.29, 0.717) is 0 Å². The highest BCUT2D eigenvalue weighted by atomic mass is 31.2. The fraction of sp³-hybridized carbons (Fsp3) is 0. The maximum Gasteiger partial charge on any atom is 0.356 e. The molecule has 3 aromatic rings. The molecule has 0 radical (unpaired) electrons. The van der Waals surface area contributed by atoms with Crippen LogP contribution in [0.3, 0.4) is 0 Å². The average Bonchev–Trinajstić information content (AvgIpc) is 2.43. The molecule has 0 spiro atoms. The summed E-state index contributed by atoms with van der Waals surface area (Å²) in [6, 6.07) is 5.17. The molecule has 22 heavy (non-hydrogen) atoms. The topological polar surface area (TPSA) is 141 Å². The lowest BCUT2D eigenvalue weighted by molar-refractivity contribution is 0.385. The van der Waals surface area contributed by atoms with Gasteiger partial charge in [0.2, 0.25) is 0 Å². The SMILES string of the molecule is O=P(O)(O)c1ccnc2c1ccc1c(P(=O)(O)O)ccnc12. The molecule has 0 aliphatic carbocycles. The Labute approximate surface area is 123 Å². The van der Waals surface area contributed by atoms with Crippen molar-refractivity contribution in [2.75, 3.05) is 0 Å². The van der Waals surface area contributed by atoms with Crippen LogP contribution in [0.25, 0.3) is 21.8 Å². The lowest BCUT2D eigenvalue weighted by Gasteiger charge is -2.11. The Bertz CT molecular complexity index is 913. The zero-order valence-corrected chi connectivity index (χ0v) is 12.6. The summed E-state index contributed by atoms with van der Waals surface area (Å²) in [5.74, 6) is 0. The summed E-state index contributed by atoms with van der Waals surface area (Å²) >= 11 is 0. The first-order valence-corrected chi connectivity index (χ1v) is 9.21. The van der Waals surface area contributed by atoms with E-state index < -0.39 is 15.2 Å². The summed E-state index contributed by atoms with van der Waals surface area (Å²) < 4.78 is 23.1. The number of aromatic nitrogens is 2. The van der Waals surface area contributed by atoms with Crippen LogP contribution in [0.5, 0.6) is 0 Å². The first-order chi connectivity index (χ1) is 10.2. The van der Waals surface area contributed by atoms with E-state index in [-0.39, 0.29) is 32.4 Å². The molecule has 3 rings (SSSR count). The van der Waals surface area contributed by atoms with Gasteiger partial charge in [-0.1, -0.05) is 12.1 Å². The van der Waals surface area contributed by atoms with Crippen molar-refractivity contribution in [3.63, 3.8) is 0 Å². The molecular formula is C12H10N2O6P2. The minimum Gasteiger partial charge on any atom is -0.321 e. The van der Waals surface area contributed by atoms with Crippen LogP contribution in [0.15, 0.2) is 36.7 Å². The van der Waals surface area contributed by atoms with Gasteiger partial charge in [-0.15, -0.1) is 0 Å². The Morgan fingerprint density at radius 2 is 1.05 bits per heavy atom. The minimum atomic E-state index is -4.51. The summed E-state index contributed by atoms with van der Waals surface area (Å²) in [5.41, 5.74) is 0.349. The predicted molar refractivity (Wildman–Crippen MR) is 80.4 cm³/mol. The van der Waals surface area contributed by atoms with E-state index in [1.165, 1.54) is 36.7 Å². The molecule has 0 saturated carbocycles. The van der Waals surface area contributed by atoms with Gasteiger partial charge in [0.05, 0.1) is 21.6 Å². The van der Waals surface area contributed by atoms with E-state index >= 15 is 0 Å². The molecule has 2 heterocycles. The average molecular weight is 340 g/mol. The molecule has 0 unspecified atom stereocenters. The summed E-state index contributed by atoms with van der Waals surface area (Å²) in [6.45, 7) is 0. The standard InChI is InChI=1S/C12H10N2O6P2/c15-21(16,17)9-3-5-13-11-7(9)1-2-8-10(22(18,19)20)4-6-14-12(8)11/h1-6H,(H2,15,16,17)(H2,18,19,20). The number of nitrogens with zero attached hydrogens (tertiary/aromatic N) is 2. The smallest absolute Gasteiger partial charge is 0.321 e. The maximum absolute atomic E-state index is 11.5. The monoisotopic (exact) mass is 340 g/mol. The van der Waals surface area contributed by atoms with Crippen LogP contribution in [0.2, 0.25) is 0 Å². The zero-order chi connectivity index (χ0) is 16.1. The number of benzene rings is 1. The van der Waals surface area contributed by atoms with Crippen molar-refractivity contribution in [1.29, 1.82) is 0 Å². The van der Waals surface area contributed by atoms with Crippen LogP contribution >= 0.6 is 15.2 Å². The highest BCUT2D eigenvalue weighted by molar-refractivity contribution is 7.61. The Morgan fingerprint density at radius 1 is 0.682 bits per heavy atom. The van der Waals surface area contributed by atoms with E-state index in [9.17, 15) is 28.7 Å². The Kier molecular flexibility index (Phi) is 3.41. The molecule has 0 atom stereocenters. The molecule has 8 nitrogen and oxygen atoms in total.